The SMILES string of the molecule is CCOc1ccccc1NC(=O)c1nnc2c(-c3ccc(F)cc3)c(COC)nn2c1C. The Balaban J connectivity index is 1.76. The molecule has 9 heteroatoms. The first-order valence-corrected chi connectivity index (χ1v) is 10.1. The van der Waals surface area contributed by atoms with Gasteiger partial charge in [0.1, 0.15) is 11.6 Å². The predicted octanol–water partition coefficient (Wildman–Crippen LogP) is 4.04. The number of nitrogens with one attached hydrogen (secondary N) is 1. The third kappa shape index (κ3) is 4.02. The Morgan fingerprint density at radius 3 is 2.59 bits per heavy atom. The first-order chi connectivity index (χ1) is 15.5. The van der Waals surface area contributed by atoms with Crippen LogP contribution in [0.25, 0.3) is 16.8 Å². The molecule has 0 aliphatic carbocycles. The summed E-state index contributed by atoms with van der Waals surface area (Å²) in [4.78, 5) is 13.0. The number of nitrogens with zero attached hydrogens (tertiary/aromatic N) is 4. The molecule has 4 rings (SSSR count). The van der Waals surface area contributed by atoms with Crippen LogP contribution in [0.4, 0.5) is 10.1 Å². The number of hydrogen-bond donors (Lipinski definition) is 1. The van der Waals surface area contributed by atoms with Crippen LogP contribution in [-0.2, 0) is 11.3 Å². The van der Waals surface area contributed by atoms with Gasteiger partial charge in [-0.25, -0.2) is 8.91 Å². The van der Waals surface area contributed by atoms with Crippen molar-refractivity contribution in [2.24, 2.45) is 0 Å². The van der Waals surface area contributed by atoms with Crippen molar-refractivity contribution in [3.63, 3.8) is 0 Å². The molecule has 0 saturated heterocycles. The lowest BCUT2D eigenvalue weighted by Gasteiger charge is -2.12. The maximum Gasteiger partial charge on any atom is 0.278 e. The summed E-state index contributed by atoms with van der Waals surface area (Å²) in [5, 5.41) is 15.9. The van der Waals surface area contributed by atoms with Gasteiger partial charge in [0, 0.05) is 7.11 Å². The molecule has 0 unspecified atom stereocenters. The molecule has 4 aromatic rings. The van der Waals surface area contributed by atoms with Crippen molar-refractivity contribution in [1.29, 1.82) is 0 Å². The maximum absolute atomic E-state index is 13.4. The molecule has 0 bridgehead atoms. The number of aromatic nitrogens is 4. The van der Waals surface area contributed by atoms with Crippen LogP contribution in [0.1, 0.15) is 28.8 Å². The number of aryl methyl sites for hydroxylation is 1. The molecule has 0 atom stereocenters. The van der Waals surface area contributed by atoms with E-state index in [1.54, 1.807) is 48.9 Å². The minimum absolute atomic E-state index is 0.126. The van der Waals surface area contributed by atoms with Crippen molar-refractivity contribution in [3.8, 4) is 16.9 Å². The van der Waals surface area contributed by atoms with Gasteiger partial charge in [-0.05, 0) is 43.7 Å². The molecule has 1 amide bonds. The first kappa shape index (κ1) is 21.4. The van der Waals surface area contributed by atoms with Crippen LogP contribution in [0.2, 0.25) is 0 Å². The zero-order valence-corrected chi connectivity index (χ0v) is 17.9. The zero-order chi connectivity index (χ0) is 22.7. The van der Waals surface area contributed by atoms with E-state index in [-0.39, 0.29) is 18.1 Å². The van der Waals surface area contributed by atoms with E-state index in [1.807, 2.05) is 13.0 Å². The maximum atomic E-state index is 13.4. The van der Waals surface area contributed by atoms with Gasteiger partial charge in [-0.2, -0.15) is 5.10 Å². The summed E-state index contributed by atoms with van der Waals surface area (Å²) in [7, 11) is 1.56. The largest absolute Gasteiger partial charge is 0.492 e. The first-order valence-electron chi connectivity index (χ1n) is 10.1. The van der Waals surface area contributed by atoms with Crippen LogP contribution in [0.5, 0.6) is 5.75 Å². The number of rotatable bonds is 7. The van der Waals surface area contributed by atoms with Crippen molar-refractivity contribution >= 4 is 17.2 Å². The molecular weight excluding hydrogens is 413 g/mol. The number of para-hydroxylation sites is 2. The third-order valence-corrected chi connectivity index (χ3v) is 4.90. The Bertz CT molecular complexity index is 1270. The number of halogens is 1. The number of ether oxygens (including phenoxy) is 2. The van der Waals surface area contributed by atoms with Crippen LogP contribution < -0.4 is 10.1 Å². The van der Waals surface area contributed by atoms with E-state index in [0.29, 0.717) is 40.6 Å². The fraction of sp³-hybridized carbons (Fsp3) is 0.217. The summed E-state index contributed by atoms with van der Waals surface area (Å²) in [6.07, 6.45) is 0. The quantitative estimate of drug-likeness (QED) is 0.471. The number of anilines is 1. The molecule has 8 nitrogen and oxygen atoms in total. The smallest absolute Gasteiger partial charge is 0.278 e. The van der Waals surface area contributed by atoms with Crippen LogP contribution in [0, 0.1) is 12.7 Å². The van der Waals surface area contributed by atoms with Crippen molar-refractivity contribution in [3.05, 3.63) is 71.4 Å². The summed E-state index contributed by atoms with van der Waals surface area (Å²) in [6, 6.07) is 13.2. The summed E-state index contributed by atoms with van der Waals surface area (Å²) >= 11 is 0. The van der Waals surface area contributed by atoms with Crippen molar-refractivity contribution in [2.45, 2.75) is 20.5 Å². The molecule has 164 valence electrons. The lowest BCUT2D eigenvalue weighted by Crippen LogP contribution is -2.19. The number of carbonyl (C=O) groups is 1. The molecule has 0 aliphatic rings. The Labute approximate surface area is 184 Å². The van der Waals surface area contributed by atoms with E-state index in [4.69, 9.17) is 9.47 Å². The molecule has 0 aliphatic heterocycles. The van der Waals surface area contributed by atoms with E-state index in [1.165, 1.54) is 12.1 Å². The summed E-state index contributed by atoms with van der Waals surface area (Å²) in [5.41, 5.74) is 3.63. The molecule has 2 heterocycles. The minimum Gasteiger partial charge on any atom is -0.492 e. The van der Waals surface area contributed by atoms with Gasteiger partial charge in [0.15, 0.2) is 11.3 Å². The van der Waals surface area contributed by atoms with Crippen LogP contribution in [0.15, 0.2) is 48.5 Å². The van der Waals surface area contributed by atoms with E-state index in [0.717, 1.165) is 5.56 Å². The topological polar surface area (TPSA) is 90.6 Å². The van der Waals surface area contributed by atoms with E-state index in [2.05, 4.69) is 20.6 Å². The molecule has 1 N–H and O–H groups in total. The number of methoxy groups -OCH3 is 1. The van der Waals surface area contributed by atoms with Crippen molar-refractivity contribution < 1.29 is 18.7 Å². The minimum atomic E-state index is -0.434. The van der Waals surface area contributed by atoms with Gasteiger partial charge >= 0.3 is 0 Å². The lowest BCUT2D eigenvalue weighted by molar-refractivity contribution is 0.101. The summed E-state index contributed by atoms with van der Waals surface area (Å²) in [6.45, 7) is 4.30. The average Bonchev–Trinajstić information content (AvgIpc) is 3.15. The van der Waals surface area contributed by atoms with Gasteiger partial charge in [0.05, 0.1) is 35.9 Å². The lowest BCUT2D eigenvalue weighted by atomic mass is 10.1. The van der Waals surface area contributed by atoms with Crippen molar-refractivity contribution in [1.82, 2.24) is 19.8 Å². The van der Waals surface area contributed by atoms with Gasteiger partial charge in [-0.3, -0.25) is 4.79 Å². The number of amides is 1. The van der Waals surface area contributed by atoms with Gasteiger partial charge in [-0.1, -0.05) is 24.3 Å². The Hall–Kier alpha value is -3.85. The highest BCUT2D eigenvalue weighted by Crippen LogP contribution is 2.29. The number of carbonyl (C=O) groups excluding carboxylic acids is 1. The molecule has 0 radical (unpaired) electrons. The highest BCUT2D eigenvalue weighted by Gasteiger charge is 2.22. The summed E-state index contributed by atoms with van der Waals surface area (Å²) < 4.78 is 25.8. The predicted molar refractivity (Wildman–Crippen MR) is 117 cm³/mol. The van der Waals surface area contributed by atoms with E-state index in [9.17, 15) is 9.18 Å². The zero-order valence-electron chi connectivity index (χ0n) is 17.9. The highest BCUT2D eigenvalue weighted by molar-refractivity contribution is 6.04. The second kappa shape index (κ2) is 9.11. The molecule has 2 aromatic carbocycles. The molecule has 0 fully saturated rings. The highest BCUT2D eigenvalue weighted by atomic mass is 19.1. The standard InChI is InChI=1S/C23H22FN5O3/c1-4-32-19-8-6-5-7-17(19)25-23(30)21-14(2)29-22(27-26-21)20(18(28-29)13-31-3)15-9-11-16(24)12-10-15/h5-12H,4,13H2,1-3H3,(H,25,30). The molecule has 0 saturated carbocycles. The van der Waals surface area contributed by atoms with Crippen LogP contribution in [-0.4, -0.2) is 39.4 Å². The third-order valence-electron chi connectivity index (χ3n) is 4.90. The second-order valence-corrected chi connectivity index (χ2v) is 7.01. The van der Waals surface area contributed by atoms with Crippen LogP contribution >= 0.6 is 0 Å². The molecule has 2 aromatic heterocycles. The fourth-order valence-corrected chi connectivity index (χ4v) is 3.44. The van der Waals surface area contributed by atoms with Gasteiger partial charge in [0.25, 0.3) is 5.91 Å². The normalized spacial score (nSPS) is 11.0. The fourth-order valence-electron chi connectivity index (χ4n) is 3.44. The number of benzene rings is 2. The Morgan fingerprint density at radius 2 is 1.88 bits per heavy atom. The monoisotopic (exact) mass is 435 g/mol. The van der Waals surface area contributed by atoms with Gasteiger partial charge in [0.2, 0.25) is 0 Å². The van der Waals surface area contributed by atoms with Gasteiger partial charge in [-0.15, -0.1) is 10.2 Å². The van der Waals surface area contributed by atoms with E-state index < -0.39 is 5.91 Å². The van der Waals surface area contributed by atoms with Crippen LogP contribution in [0.3, 0.4) is 0 Å². The number of hydrogen-bond acceptors (Lipinski definition) is 6. The molecule has 0 spiro atoms. The van der Waals surface area contributed by atoms with E-state index >= 15 is 0 Å². The molecule has 32 heavy (non-hydrogen) atoms. The molecular formula is C23H22FN5O3. The summed E-state index contributed by atoms with van der Waals surface area (Å²) in [5.74, 6) is -0.210. The van der Waals surface area contributed by atoms with Gasteiger partial charge < -0.3 is 14.8 Å². The Kier molecular flexibility index (Phi) is 6.09. The second-order valence-electron chi connectivity index (χ2n) is 7.01. The average molecular weight is 435 g/mol. The van der Waals surface area contributed by atoms with Crippen molar-refractivity contribution in [2.75, 3.05) is 19.0 Å². The number of fused-ring (bicyclic) bond motifs is 1. The Morgan fingerprint density at radius 1 is 1.12 bits per heavy atom.